The Labute approximate surface area is 164 Å². The van der Waals surface area contributed by atoms with Crippen LogP contribution >= 0.6 is 0 Å². The molecule has 1 unspecified atom stereocenters. The van der Waals surface area contributed by atoms with Gasteiger partial charge in [-0.25, -0.2) is 0 Å². The van der Waals surface area contributed by atoms with Gasteiger partial charge in [-0.2, -0.15) is 0 Å². The highest BCUT2D eigenvalue weighted by atomic mass is 16.2. The Hall–Kier alpha value is -3.35. The summed E-state index contributed by atoms with van der Waals surface area (Å²) < 4.78 is 0. The third kappa shape index (κ3) is 4.31. The number of benzene rings is 1. The second kappa shape index (κ2) is 7.72. The number of H-pyrrole nitrogens is 1. The highest BCUT2D eigenvalue weighted by Crippen LogP contribution is 2.22. The molecule has 0 saturated carbocycles. The lowest BCUT2D eigenvalue weighted by Crippen LogP contribution is -2.40. The van der Waals surface area contributed by atoms with Crippen LogP contribution in [0.1, 0.15) is 48.3 Å². The van der Waals surface area contributed by atoms with Gasteiger partial charge in [0.2, 0.25) is 0 Å². The molecular weight excluding hydrogens is 354 g/mol. The lowest BCUT2D eigenvalue weighted by molar-refractivity contribution is 0.102. The summed E-state index contributed by atoms with van der Waals surface area (Å²) >= 11 is 0. The van der Waals surface area contributed by atoms with Gasteiger partial charge < -0.3 is 20.9 Å². The predicted octanol–water partition coefficient (Wildman–Crippen LogP) is 2.66. The molecule has 2 aromatic rings. The van der Waals surface area contributed by atoms with Crippen LogP contribution in [0.3, 0.4) is 0 Å². The Morgan fingerprint density at radius 1 is 1.18 bits per heavy atom. The fourth-order valence-electron chi connectivity index (χ4n) is 2.87. The number of aliphatic imine (C=N–C) groups is 1. The van der Waals surface area contributed by atoms with Gasteiger partial charge in [0.1, 0.15) is 5.69 Å². The standard InChI is InChI=1S/C21H25N5O2/c1-21(2,3)15-7-5-13(6-8-15)18(27)25-17-11-14(12-24-19(17)28)16-9-10-23-20(22-4)26-16/h5-12,16H,1-4H3,(H,24,28)(H,25,27)(H2,22,23,26). The van der Waals surface area contributed by atoms with Crippen molar-refractivity contribution in [2.24, 2.45) is 4.99 Å². The third-order valence-electron chi connectivity index (χ3n) is 4.57. The lowest BCUT2D eigenvalue weighted by Gasteiger charge is -2.22. The number of carbonyl (C=O) groups is 1. The van der Waals surface area contributed by atoms with Gasteiger partial charge in [0.05, 0.1) is 6.04 Å². The van der Waals surface area contributed by atoms with Gasteiger partial charge in [-0.1, -0.05) is 32.9 Å². The van der Waals surface area contributed by atoms with Crippen LogP contribution in [0, 0.1) is 0 Å². The van der Waals surface area contributed by atoms with Crippen molar-refractivity contribution in [1.29, 1.82) is 0 Å². The van der Waals surface area contributed by atoms with Crippen molar-refractivity contribution >= 4 is 17.6 Å². The normalized spacial score (nSPS) is 17.7. The summed E-state index contributed by atoms with van der Waals surface area (Å²) in [6, 6.07) is 8.92. The number of aromatic nitrogens is 1. The molecule has 0 aliphatic carbocycles. The lowest BCUT2D eigenvalue weighted by atomic mass is 9.87. The average Bonchev–Trinajstić information content (AvgIpc) is 2.69. The summed E-state index contributed by atoms with van der Waals surface area (Å²) in [7, 11) is 1.68. The van der Waals surface area contributed by atoms with E-state index in [0.717, 1.165) is 11.1 Å². The molecule has 7 heteroatoms. The zero-order valence-electron chi connectivity index (χ0n) is 16.5. The van der Waals surface area contributed by atoms with Crippen molar-refractivity contribution in [2.45, 2.75) is 32.2 Å². The quantitative estimate of drug-likeness (QED) is 0.659. The molecule has 3 rings (SSSR count). The van der Waals surface area contributed by atoms with Crippen molar-refractivity contribution in [2.75, 3.05) is 12.4 Å². The zero-order valence-corrected chi connectivity index (χ0v) is 16.5. The van der Waals surface area contributed by atoms with Crippen LogP contribution in [0.4, 0.5) is 5.69 Å². The van der Waals surface area contributed by atoms with E-state index in [-0.39, 0.29) is 28.6 Å². The maximum absolute atomic E-state index is 12.6. The molecule has 0 saturated heterocycles. The van der Waals surface area contributed by atoms with E-state index in [4.69, 9.17) is 0 Å². The minimum atomic E-state index is -0.356. The number of nitrogens with one attached hydrogen (secondary N) is 4. The zero-order chi connectivity index (χ0) is 20.3. The van der Waals surface area contributed by atoms with E-state index in [9.17, 15) is 9.59 Å². The highest BCUT2D eigenvalue weighted by molar-refractivity contribution is 6.04. The van der Waals surface area contributed by atoms with E-state index in [1.807, 2.05) is 18.2 Å². The molecule has 4 N–H and O–H groups in total. The van der Waals surface area contributed by atoms with Crippen LogP contribution in [0.5, 0.6) is 0 Å². The van der Waals surface area contributed by atoms with Gasteiger partial charge in [0.25, 0.3) is 11.5 Å². The van der Waals surface area contributed by atoms with Gasteiger partial charge in [0.15, 0.2) is 5.96 Å². The third-order valence-corrected chi connectivity index (χ3v) is 4.57. The first kappa shape index (κ1) is 19.4. The molecule has 0 bridgehead atoms. The van der Waals surface area contributed by atoms with E-state index in [1.165, 1.54) is 0 Å². The molecule has 0 radical (unpaired) electrons. The minimum Gasteiger partial charge on any atom is -0.346 e. The summed E-state index contributed by atoms with van der Waals surface area (Å²) in [5, 5.41) is 8.88. The van der Waals surface area contributed by atoms with Crippen molar-refractivity contribution in [3.63, 3.8) is 0 Å². The molecule has 1 amide bonds. The number of hydrogen-bond acceptors (Lipinski definition) is 3. The average molecular weight is 379 g/mol. The van der Waals surface area contributed by atoms with Crippen LogP contribution in [0.15, 0.2) is 58.6 Å². The van der Waals surface area contributed by atoms with E-state index >= 15 is 0 Å². The second-order valence-electron chi connectivity index (χ2n) is 7.65. The number of hydrogen-bond donors (Lipinski definition) is 4. The first-order valence-corrected chi connectivity index (χ1v) is 9.09. The molecule has 1 aromatic carbocycles. The van der Waals surface area contributed by atoms with Gasteiger partial charge in [-0.05, 0) is 40.8 Å². The Kier molecular flexibility index (Phi) is 5.35. The van der Waals surface area contributed by atoms with Gasteiger partial charge in [0, 0.05) is 25.0 Å². The van der Waals surface area contributed by atoms with Crippen LogP contribution < -0.4 is 21.5 Å². The molecule has 28 heavy (non-hydrogen) atoms. The van der Waals surface area contributed by atoms with Crippen molar-refractivity contribution in [1.82, 2.24) is 15.6 Å². The molecule has 2 heterocycles. The molecule has 1 aromatic heterocycles. The van der Waals surface area contributed by atoms with Crippen molar-refractivity contribution in [3.05, 3.63) is 75.8 Å². The van der Waals surface area contributed by atoms with Crippen LogP contribution in [-0.4, -0.2) is 23.9 Å². The fourth-order valence-corrected chi connectivity index (χ4v) is 2.87. The summed E-state index contributed by atoms with van der Waals surface area (Å²) in [4.78, 5) is 31.5. The Balaban J connectivity index is 1.80. The molecular formula is C21H25N5O2. The smallest absolute Gasteiger partial charge is 0.271 e. The molecule has 146 valence electrons. The number of nitrogens with zero attached hydrogens (tertiary/aromatic N) is 1. The number of rotatable bonds is 3. The van der Waals surface area contributed by atoms with Crippen molar-refractivity contribution in [3.8, 4) is 0 Å². The van der Waals surface area contributed by atoms with Gasteiger partial charge in [-0.3, -0.25) is 14.6 Å². The van der Waals surface area contributed by atoms with Crippen LogP contribution in [0.25, 0.3) is 0 Å². The first-order valence-electron chi connectivity index (χ1n) is 9.09. The van der Waals surface area contributed by atoms with Gasteiger partial charge in [-0.15, -0.1) is 0 Å². The maximum atomic E-state index is 12.6. The minimum absolute atomic E-state index is 0.0104. The summed E-state index contributed by atoms with van der Waals surface area (Å²) in [6.07, 6.45) is 5.31. The Morgan fingerprint density at radius 3 is 2.54 bits per heavy atom. The number of anilines is 1. The summed E-state index contributed by atoms with van der Waals surface area (Å²) in [5.74, 6) is 0.302. The largest absolute Gasteiger partial charge is 0.346 e. The Morgan fingerprint density at radius 2 is 1.89 bits per heavy atom. The Bertz CT molecular complexity index is 981. The molecule has 1 aliphatic rings. The van der Waals surface area contributed by atoms with E-state index < -0.39 is 0 Å². The number of pyridine rings is 1. The van der Waals surface area contributed by atoms with Crippen LogP contribution in [-0.2, 0) is 5.41 Å². The number of guanidine groups is 1. The first-order chi connectivity index (χ1) is 13.3. The topological polar surface area (TPSA) is 98.4 Å². The summed E-state index contributed by atoms with van der Waals surface area (Å²) in [5.41, 5.74) is 2.30. The monoisotopic (exact) mass is 379 g/mol. The second-order valence-corrected chi connectivity index (χ2v) is 7.65. The molecule has 0 fully saturated rings. The van der Waals surface area contributed by atoms with Crippen LogP contribution in [0.2, 0.25) is 0 Å². The highest BCUT2D eigenvalue weighted by Gasteiger charge is 2.17. The number of aromatic amines is 1. The predicted molar refractivity (Wildman–Crippen MR) is 112 cm³/mol. The molecule has 1 atom stereocenters. The SMILES string of the molecule is CN=C1NC=CC(c2c[nH]c(=O)c(NC(=O)c3ccc(C(C)(C)C)cc3)c2)N1. The van der Waals surface area contributed by atoms with E-state index in [1.54, 1.807) is 37.6 Å². The molecule has 7 nitrogen and oxygen atoms in total. The maximum Gasteiger partial charge on any atom is 0.271 e. The fraction of sp³-hybridized carbons (Fsp3) is 0.286. The number of amides is 1. The van der Waals surface area contributed by atoms with Gasteiger partial charge >= 0.3 is 0 Å². The summed E-state index contributed by atoms with van der Waals surface area (Å²) in [6.45, 7) is 6.35. The molecule has 1 aliphatic heterocycles. The van der Waals surface area contributed by atoms with Crippen molar-refractivity contribution < 1.29 is 4.79 Å². The van der Waals surface area contributed by atoms with E-state index in [0.29, 0.717) is 11.5 Å². The number of carbonyl (C=O) groups excluding carboxylic acids is 1. The van der Waals surface area contributed by atoms with E-state index in [2.05, 4.69) is 46.7 Å². The molecule has 0 spiro atoms.